The van der Waals surface area contributed by atoms with Crippen molar-refractivity contribution in [3.63, 3.8) is 0 Å². The molecule has 4 aromatic carbocycles. The predicted molar refractivity (Wildman–Crippen MR) is 151 cm³/mol. The number of amides is 2. The van der Waals surface area contributed by atoms with Gasteiger partial charge in [0.25, 0.3) is 11.6 Å². The molecule has 2 heterocycles. The van der Waals surface area contributed by atoms with E-state index in [0.29, 0.717) is 11.3 Å². The first kappa shape index (κ1) is 27.1. The minimum atomic E-state index is -4.09. The second kappa shape index (κ2) is 10.4. The standard InChI is InChI=1S/C30H23N3O8S/c1-19-8-5-6-13-25(19)31-29(34)26-27(32(40-28(26)30(31)35)21-9-7-10-22(18-21)33(36)37)20-14-16-23(17-15-20)41-42(38,39)24-11-3-2-4-12-24/h2-18,26-28H,1H3/t26-,27+,28-/m1/s1. The van der Waals surface area contributed by atoms with E-state index in [4.69, 9.17) is 9.02 Å². The number of benzene rings is 4. The summed E-state index contributed by atoms with van der Waals surface area (Å²) in [7, 11) is -4.09. The van der Waals surface area contributed by atoms with Crippen molar-refractivity contribution in [1.82, 2.24) is 0 Å². The molecule has 0 N–H and O–H groups in total. The fourth-order valence-electron chi connectivity index (χ4n) is 5.26. The molecule has 2 aliphatic rings. The van der Waals surface area contributed by atoms with Crippen molar-refractivity contribution < 1.29 is 32.0 Å². The fraction of sp³-hybridized carbons (Fsp3) is 0.133. The summed E-state index contributed by atoms with van der Waals surface area (Å²) in [6.07, 6.45) is -1.18. The monoisotopic (exact) mass is 585 g/mol. The second-order valence-corrected chi connectivity index (χ2v) is 11.4. The quantitative estimate of drug-likeness (QED) is 0.131. The first-order chi connectivity index (χ1) is 20.2. The van der Waals surface area contributed by atoms with E-state index < -0.39 is 44.9 Å². The van der Waals surface area contributed by atoms with E-state index in [1.807, 2.05) is 0 Å². The zero-order valence-electron chi connectivity index (χ0n) is 22.1. The van der Waals surface area contributed by atoms with Crippen molar-refractivity contribution in [2.24, 2.45) is 5.92 Å². The maximum Gasteiger partial charge on any atom is 0.339 e. The summed E-state index contributed by atoms with van der Waals surface area (Å²) in [6, 6.07) is 25.5. The molecule has 42 heavy (non-hydrogen) atoms. The molecule has 0 unspecified atom stereocenters. The summed E-state index contributed by atoms with van der Waals surface area (Å²) in [5.74, 6) is -1.98. The van der Waals surface area contributed by atoms with Gasteiger partial charge in [-0.2, -0.15) is 8.42 Å². The number of anilines is 2. The number of aryl methyl sites for hydroxylation is 1. The van der Waals surface area contributed by atoms with Crippen molar-refractivity contribution in [3.05, 3.63) is 124 Å². The van der Waals surface area contributed by atoms with E-state index in [2.05, 4.69) is 0 Å². The van der Waals surface area contributed by atoms with E-state index in [-0.39, 0.29) is 22.0 Å². The van der Waals surface area contributed by atoms with E-state index in [9.17, 15) is 28.1 Å². The molecule has 2 amide bonds. The Morgan fingerprint density at radius 1 is 0.857 bits per heavy atom. The van der Waals surface area contributed by atoms with E-state index in [1.54, 1.807) is 67.6 Å². The normalized spacial score (nSPS) is 20.1. The van der Waals surface area contributed by atoms with Gasteiger partial charge >= 0.3 is 10.1 Å². The van der Waals surface area contributed by atoms with Gasteiger partial charge in [-0.15, -0.1) is 0 Å². The van der Waals surface area contributed by atoms with Gasteiger partial charge in [0.05, 0.1) is 22.3 Å². The number of imide groups is 1. The number of nitro groups is 1. The fourth-order valence-corrected chi connectivity index (χ4v) is 6.21. The van der Waals surface area contributed by atoms with Gasteiger partial charge in [0, 0.05) is 12.1 Å². The third-order valence-electron chi connectivity index (χ3n) is 7.23. The van der Waals surface area contributed by atoms with Gasteiger partial charge in [-0.25, -0.2) is 9.96 Å². The summed E-state index contributed by atoms with van der Waals surface area (Å²) < 4.78 is 30.7. The number of fused-ring (bicyclic) bond motifs is 1. The number of carbonyl (C=O) groups excluding carboxylic acids is 2. The van der Waals surface area contributed by atoms with Crippen LogP contribution in [0.3, 0.4) is 0 Å². The molecule has 12 heteroatoms. The van der Waals surface area contributed by atoms with E-state index >= 15 is 0 Å². The van der Waals surface area contributed by atoms with Crippen LogP contribution in [-0.4, -0.2) is 31.3 Å². The molecule has 11 nitrogen and oxygen atoms in total. The summed E-state index contributed by atoms with van der Waals surface area (Å²) >= 11 is 0. The molecule has 0 spiro atoms. The molecule has 2 fully saturated rings. The summed E-state index contributed by atoms with van der Waals surface area (Å²) in [5.41, 5.74) is 1.76. The Morgan fingerprint density at radius 3 is 2.24 bits per heavy atom. The highest BCUT2D eigenvalue weighted by molar-refractivity contribution is 7.87. The van der Waals surface area contributed by atoms with Crippen LogP contribution in [0.25, 0.3) is 0 Å². The number of rotatable bonds is 7. The average Bonchev–Trinajstić information content (AvgIpc) is 3.50. The Bertz CT molecular complexity index is 1810. The van der Waals surface area contributed by atoms with Gasteiger partial charge in [-0.05, 0) is 54.4 Å². The zero-order valence-corrected chi connectivity index (χ0v) is 22.9. The maximum atomic E-state index is 13.9. The van der Waals surface area contributed by atoms with Gasteiger partial charge < -0.3 is 4.18 Å². The van der Waals surface area contributed by atoms with Crippen LogP contribution < -0.4 is 14.1 Å². The molecule has 0 radical (unpaired) electrons. The lowest BCUT2D eigenvalue weighted by molar-refractivity contribution is -0.384. The van der Waals surface area contributed by atoms with Crippen LogP contribution in [-0.2, 0) is 24.5 Å². The Labute approximate surface area is 240 Å². The van der Waals surface area contributed by atoms with Crippen molar-refractivity contribution in [3.8, 4) is 5.75 Å². The van der Waals surface area contributed by atoms with Crippen molar-refractivity contribution in [2.45, 2.75) is 24.0 Å². The van der Waals surface area contributed by atoms with Crippen LogP contribution in [0.5, 0.6) is 5.75 Å². The Balaban J connectivity index is 1.38. The molecule has 0 bridgehead atoms. The molecule has 2 saturated heterocycles. The first-order valence-electron chi connectivity index (χ1n) is 12.9. The molecule has 3 atom stereocenters. The lowest BCUT2D eigenvalue weighted by Crippen LogP contribution is -2.37. The number of hydrogen-bond donors (Lipinski definition) is 0. The van der Waals surface area contributed by atoms with Gasteiger partial charge in [0.2, 0.25) is 5.91 Å². The van der Waals surface area contributed by atoms with Gasteiger partial charge in [-0.3, -0.25) is 24.5 Å². The van der Waals surface area contributed by atoms with Crippen molar-refractivity contribution >= 4 is 39.0 Å². The smallest absolute Gasteiger partial charge is 0.339 e. The second-order valence-electron chi connectivity index (χ2n) is 9.82. The van der Waals surface area contributed by atoms with E-state index in [1.165, 1.54) is 47.5 Å². The van der Waals surface area contributed by atoms with Gasteiger partial charge in [-0.1, -0.05) is 54.6 Å². The SMILES string of the molecule is Cc1ccccc1N1C(=O)[C@H]2[C@@H](ON(c3cccc([N+](=O)[O-])c3)[C@H]2c2ccc(OS(=O)(=O)c3ccccc3)cc2)C1=O. The van der Waals surface area contributed by atoms with E-state index in [0.717, 1.165) is 10.5 Å². The highest BCUT2D eigenvalue weighted by Crippen LogP contribution is 2.48. The lowest BCUT2D eigenvalue weighted by atomic mass is 9.90. The molecule has 2 aliphatic heterocycles. The third kappa shape index (κ3) is 4.66. The van der Waals surface area contributed by atoms with Gasteiger partial charge in [0.15, 0.2) is 6.10 Å². The number of nitrogens with zero attached hydrogens (tertiary/aromatic N) is 3. The average molecular weight is 586 g/mol. The summed E-state index contributed by atoms with van der Waals surface area (Å²) in [5, 5.41) is 12.8. The van der Waals surface area contributed by atoms with Crippen LogP contribution in [0.4, 0.5) is 17.1 Å². The number of non-ortho nitro benzene ring substituents is 1. The number of nitro benzene ring substituents is 1. The molecular formula is C30H23N3O8S. The van der Waals surface area contributed by atoms with Crippen LogP contribution in [0, 0.1) is 23.0 Å². The van der Waals surface area contributed by atoms with Crippen LogP contribution >= 0.6 is 0 Å². The lowest BCUT2D eigenvalue weighted by Gasteiger charge is -2.29. The van der Waals surface area contributed by atoms with Gasteiger partial charge in [0.1, 0.15) is 16.6 Å². The highest BCUT2D eigenvalue weighted by atomic mass is 32.2. The molecule has 0 aromatic heterocycles. The number of hydroxylamine groups is 1. The number of carbonyl (C=O) groups is 2. The third-order valence-corrected chi connectivity index (χ3v) is 8.49. The molecule has 0 aliphatic carbocycles. The largest absolute Gasteiger partial charge is 0.379 e. The minimum Gasteiger partial charge on any atom is -0.379 e. The molecule has 212 valence electrons. The Hall–Kier alpha value is -5.07. The minimum absolute atomic E-state index is 0.00989. The zero-order chi connectivity index (χ0) is 29.6. The van der Waals surface area contributed by atoms with Crippen LogP contribution in [0.1, 0.15) is 17.2 Å². The number of para-hydroxylation sites is 1. The Kier molecular flexibility index (Phi) is 6.71. The molecule has 6 rings (SSSR count). The molecular weight excluding hydrogens is 562 g/mol. The molecule has 4 aromatic rings. The summed E-state index contributed by atoms with van der Waals surface area (Å²) in [6.45, 7) is 1.79. The Morgan fingerprint density at radius 2 is 1.55 bits per heavy atom. The summed E-state index contributed by atoms with van der Waals surface area (Å²) in [4.78, 5) is 45.6. The highest BCUT2D eigenvalue weighted by Gasteiger charge is 2.60. The van der Waals surface area contributed by atoms with Crippen molar-refractivity contribution in [1.29, 1.82) is 0 Å². The van der Waals surface area contributed by atoms with Crippen LogP contribution in [0.15, 0.2) is 108 Å². The van der Waals surface area contributed by atoms with Crippen molar-refractivity contribution in [2.75, 3.05) is 9.96 Å². The topological polar surface area (TPSA) is 136 Å². The predicted octanol–water partition coefficient (Wildman–Crippen LogP) is 4.72. The number of hydrogen-bond acceptors (Lipinski definition) is 9. The first-order valence-corrected chi connectivity index (χ1v) is 14.3. The van der Waals surface area contributed by atoms with Crippen LogP contribution in [0.2, 0.25) is 0 Å². The molecule has 0 saturated carbocycles. The maximum absolute atomic E-state index is 13.9.